The van der Waals surface area contributed by atoms with E-state index in [-0.39, 0.29) is 11.9 Å². The van der Waals surface area contributed by atoms with Crippen molar-refractivity contribution in [2.75, 3.05) is 13.2 Å². The number of allylic oxidation sites excluding steroid dienone is 2. The van der Waals surface area contributed by atoms with Gasteiger partial charge in [0.2, 0.25) is 0 Å². The largest absolute Gasteiger partial charge is 0.492 e. The second-order valence-corrected chi connectivity index (χ2v) is 8.44. The Labute approximate surface area is 166 Å². The van der Waals surface area contributed by atoms with Crippen LogP contribution in [0.3, 0.4) is 0 Å². The maximum Gasteiger partial charge on any atom is 0.255 e. The predicted molar refractivity (Wildman–Crippen MR) is 108 cm³/mol. The molecule has 4 nitrogen and oxygen atoms in total. The van der Waals surface area contributed by atoms with Crippen molar-refractivity contribution in [1.29, 1.82) is 0 Å². The monoisotopic (exact) mass is 388 g/mol. The number of halogens is 1. The van der Waals surface area contributed by atoms with Gasteiger partial charge in [-0.2, -0.15) is 0 Å². The van der Waals surface area contributed by atoms with E-state index >= 15 is 0 Å². The third kappa shape index (κ3) is 3.96. The Bertz CT molecular complexity index is 746. The van der Waals surface area contributed by atoms with Crippen LogP contribution in [0.25, 0.3) is 0 Å². The molecule has 5 heteroatoms. The Balaban J connectivity index is 1.49. The van der Waals surface area contributed by atoms with Crippen LogP contribution in [0.1, 0.15) is 67.8 Å². The van der Waals surface area contributed by atoms with E-state index in [4.69, 9.17) is 16.3 Å². The van der Waals surface area contributed by atoms with Gasteiger partial charge in [-0.25, -0.2) is 0 Å². The standard InChI is InChI=1S/C22H29ClN2O2/c1-15(20-10-5-11-25(20)18-8-3-2-4-9-18)24-22(26)19-14-17(23)13-16-7-6-12-27-21(16)19/h8,13-15,20H,2-7,9-12H2,1H3,(H,24,26). The number of benzene rings is 1. The maximum absolute atomic E-state index is 13.0. The van der Waals surface area contributed by atoms with Gasteiger partial charge in [0, 0.05) is 29.3 Å². The maximum atomic E-state index is 13.0. The van der Waals surface area contributed by atoms with Gasteiger partial charge in [-0.1, -0.05) is 17.7 Å². The first-order valence-corrected chi connectivity index (χ1v) is 10.7. The highest BCUT2D eigenvalue weighted by molar-refractivity contribution is 6.31. The van der Waals surface area contributed by atoms with E-state index < -0.39 is 0 Å². The Morgan fingerprint density at radius 2 is 2.15 bits per heavy atom. The molecule has 1 aliphatic carbocycles. The normalized spacial score (nSPS) is 23.3. The molecule has 1 aromatic rings. The number of nitrogens with zero attached hydrogens (tertiary/aromatic N) is 1. The second kappa shape index (κ2) is 8.14. The Morgan fingerprint density at radius 1 is 1.26 bits per heavy atom. The number of aryl methyl sites for hydroxylation is 1. The Kier molecular flexibility index (Phi) is 5.63. The summed E-state index contributed by atoms with van der Waals surface area (Å²) in [5.41, 5.74) is 3.10. The fourth-order valence-electron chi connectivity index (χ4n) is 4.74. The quantitative estimate of drug-likeness (QED) is 0.812. The summed E-state index contributed by atoms with van der Waals surface area (Å²) in [5, 5.41) is 3.84. The summed E-state index contributed by atoms with van der Waals surface area (Å²) in [6, 6.07) is 4.12. The molecule has 1 saturated heterocycles. The van der Waals surface area contributed by atoms with E-state index in [0.717, 1.165) is 31.4 Å². The topological polar surface area (TPSA) is 41.6 Å². The zero-order valence-electron chi connectivity index (χ0n) is 16.1. The fraction of sp³-hybridized carbons (Fsp3) is 0.591. The SMILES string of the molecule is CC(NC(=O)c1cc(Cl)cc2c1OCCC2)C1CCCN1C1=CCCCC1. The lowest BCUT2D eigenvalue weighted by Crippen LogP contribution is -2.47. The van der Waals surface area contributed by atoms with Crippen molar-refractivity contribution >= 4 is 17.5 Å². The lowest BCUT2D eigenvalue weighted by atomic mass is 10.00. The number of hydrogen-bond acceptors (Lipinski definition) is 3. The van der Waals surface area contributed by atoms with Crippen molar-refractivity contribution in [3.8, 4) is 5.75 Å². The number of nitrogens with one attached hydrogen (secondary N) is 1. The molecule has 2 unspecified atom stereocenters. The lowest BCUT2D eigenvalue weighted by molar-refractivity contribution is 0.0914. The molecule has 4 rings (SSSR count). The third-order valence-corrected chi connectivity index (χ3v) is 6.30. The van der Waals surface area contributed by atoms with Crippen LogP contribution in [0.2, 0.25) is 5.02 Å². The number of rotatable bonds is 4. The Morgan fingerprint density at radius 3 is 2.96 bits per heavy atom. The molecule has 146 valence electrons. The van der Waals surface area contributed by atoms with Crippen LogP contribution in [0.5, 0.6) is 5.75 Å². The van der Waals surface area contributed by atoms with Gasteiger partial charge in [-0.15, -0.1) is 0 Å². The average Bonchev–Trinajstić information content (AvgIpc) is 3.18. The van der Waals surface area contributed by atoms with E-state index in [0.29, 0.717) is 29.0 Å². The predicted octanol–water partition coefficient (Wildman–Crippen LogP) is 4.71. The number of likely N-dealkylation sites (tertiary alicyclic amines) is 1. The third-order valence-electron chi connectivity index (χ3n) is 6.08. The molecule has 2 aliphatic heterocycles. The molecule has 0 saturated carbocycles. The minimum absolute atomic E-state index is 0.0763. The first kappa shape index (κ1) is 18.7. The number of carbonyl (C=O) groups excluding carboxylic acids is 1. The summed E-state index contributed by atoms with van der Waals surface area (Å²) < 4.78 is 5.82. The van der Waals surface area contributed by atoms with Crippen LogP contribution in [0.15, 0.2) is 23.9 Å². The fourth-order valence-corrected chi connectivity index (χ4v) is 4.98. The summed E-state index contributed by atoms with van der Waals surface area (Å²) in [7, 11) is 0. The molecule has 1 N–H and O–H groups in total. The average molecular weight is 389 g/mol. The first-order valence-electron chi connectivity index (χ1n) is 10.4. The van der Waals surface area contributed by atoms with Crippen LogP contribution in [-0.4, -0.2) is 36.0 Å². The highest BCUT2D eigenvalue weighted by Crippen LogP contribution is 2.33. The number of ether oxygens (including phenoxy) is 1. The summed E-state index contributed by atoms with van der Waals surface area (Å²) in [6.45, 7) is 3.89. The smallest absolute Gasteiger partial charge is 0.255 e. The van der Waals surface area contributed by atoms with Crippen LogP contribution in [0, 0.1) is 0 Å². The zero-order chi connectivity index (χ0) is 18.8. The molecule has 3 aliphatic rings. The molecule has 2 heterocycles. The van der Waals surface area contributed by atoms with E-state index in [2.05, 4.69) is 23.2 Å². The molecular formula is C22H29ClN2O2. The van der Waals surface area contributed by atoms with Gasteiger partial charge in [0.25, 0.3) is 5.91 Å². The van der Waals surface area contributed by atoms with Crippen molar-refractivity contribution in [2.45, 2.75) is 70.4 Å². The first-order chi connectivity index (χ1) is 13.1. The molecule has 27 heavy (non-hydrogen) atoms. The van der Waals surface area contributed by atoms with Gasteiger partial charge in [0.15, 0.2) is 0 Å². The number of amides is 1. The second-order valence-electron chi connectivity index (χ2n) is 8.00. The van der Waals surface area contributed by atoms with E-state index in [1.54, 1.807) is 6.07 Å². The van der Waals surface area contributed by atoms with Gasteiger partial charge >= 0.3 is 0 Å². The van der Waals surface area contributed by atoms with Crippen LogP contribution < -0.4 is 10.1 Å². The minimum atomic E-state index is -0.0763. The van der Waals surface area contributed by atoms with Crippen molar-refractivity contribution in [2.24, 2.45) is 0 Å². The number of carbonyl (C=O) groups is 1. The zero-order valence-corrected chi connectivity index (χ0v) is 16.9. The molecular weight excluding hydrogens is 360 g/mol. The summed E-state index contributed by atoms with van der Waals surface area (Å²) in [6.07, 6.45) is 11.5. The molecule has 2 atom stereocenters. The molecule has 1 amide bonds. The van der Waals surface area contributed by atoms with Crippen molar-refractivity contribution in [3.05, 3.63) is 40.1 Å². The highest BCUT2D eigenvalue weighted by Gasteiger charge is 2.32. The van der Waals surface area contributed by atoms with Crippen molar-refractivity contribution in [1.82, 2.24) is 10.2 Å². The Hall–Kier alpha value is -1.68. The van der Waals surface area contributed by atoms with Gasteiger partial charge in [-0.3, -0.25) is 4.79 Å². The molecule has 1 aromatic carbocycles. The van der Waals surface area contributed by atoms with E-state index in [1.165, 1.54) is 37.8 Å². The number of hydrogen-bond donors (Lipinski definition) is 1. The van der Waals surface area contributed by atoms with Crippen LogP contribution in [0.4, 0.5) is 0 Å². The van der Waals surface area contributed by atoms with Gasteiger partial charge < -0.3 is 15.0 Å². The number of fused-ring (bicyclic) bond motifs is 1. The molecule has 0 bridgehead atoms. The summed E-state index contributed by atoms with van der Waals surface area (Å²) >= 11 is 6.26. The lowest BCUT2D eigenvalue weighted by Gasteiger charge is -2.35. The van der Waals surface area contributed by atoms with Gasteiger partial charge in [0.1, 0.15) is 5.75 Å². The summed E-state index contributed by atoms with van der Waals surface area (Å²) in [4.78, 5) is 15.6. The van der Waals surface area contributed by atoms with Crippen molar-refractivity contribution < 1.29 is 9.53 Å². The van der Waals surface area contributed by atoms with E-state index in [9.17, 15) is 4.79 Å². The van der Waals surface area contributed by atoms with E-state index in [1.807, 2.05) is 6.07 Å². The molecule has 1 fully saturated rings. The molecule has 0 spiro atoms. The van der Waals surface area contributed by atoms with Crippen molar-refractivity contribution in [3.63, 3.8) is 0 Å². The minimum Gasteiger partial charge on any atom is -0.492 e. The van der Waals surface area contributed by atoms with Crippen LogP contribution in [-0.2, 0) is 6.42 Å². The van der Waals surface area contributed by atoms with Gasteiger partial charge in [0.05, 0.1) is 12.2 Å². The van der Waals surface area contributed by atoms with Gasteiger partial charge in [-0.05, 0) is 76.0 Å². The highest BCUT2D eigenvalue weighted by atomic mass is 35.5. The summed E-state index contributed by atoms with van der Waals surface area (Å²) in [5.74, 6) is 0.640. The molecule has 0 aromatic heterocycles. The van der Waals surface area contributed by atoms with Crippen LogP contribution >= 0.6 is 11.6 Å². The molecule has 0 radical (unpaired) electrons.